The van der Waals surface area contributed by atoms with Gasteiger partial charge in [0.15, 0.2) is 0 Å². The number of nitrogens with zero attached hydrogens (tertiary/aromatic N) is 2. The maximum absolute atomic E-state index is 12.1. The van der Waals surface area contributed by atoms with E-state index in [2.05, 4.69) is 9.72 Å². The number of pyridine rings is 1. The highest BCUT2D eigenvalue weighted by molar-refractivity contribution is 6.40. The third kappa shape index (κ3) is 2.37. The monoisotopic (exact) mass is 260 g/mol. The summed E-state index contributed by atoms with van der Waals surface area (Å²) in [7, 11) is 0. The molecule has 0 aliphatic carbocycles. The third-order valence-corrected chi connectivity index (χ3v) is 2.57. The first-order valence-corrected chi connectivity index (χ1v) is 5.74. The van der Waals surface area contributed by atoms with Crippen molar-refractivity contribution in [2.75, 3.05) is 6.61 Å². The van der Waals surface area contributed by atoms with Crippen molar-refractivity contribution >= 4 is 17.4 Å². The summed E-state index contributed by atoms with van der Waals surface area (Å²) in [6.07, 6.45) is 2.62. The van der Waals surface area contributed by atoms with Crippen LogP contribution in [0.25, 0.3) is 5.65 Å². The van der Waals surface area contributed by atoms with Gasteiger partial charge in [-0.25, -0.2) is 9.78 Å². The fraction of sp³-hybridized carbons (Fsp3) is 0.231. The highest BCUT2D eigenvalue weighted by atomic mass is 16.5. The number of ether oxygens (including phenoxy) is 1. The van der Waals surface area contributed by atoms with E-state index in [4.69, 9.17) is 0 Å². The number of fused-ring (bicyclic) bond motifs is 1. The molecule has 0 fully saturated rings. The lowest BCUT2D eigenvalue weighted by Gasteiger charge is -2.04. The quantitative estimate of drug-likeness (QED) is 0.462. The number of carbonyl (C=O) groups is 2. The van der Waals surface area contributed by atoms with E-state index in [1.165, 1.54) is 10.6 Å². The predicted octanol–water partition coefficient (Wildman–Crippen LogP) is 0.749. The van der Waals surface area contributed by atoms with E-state index in [0.717, 1.165) is 11.8 Å². The number of aryl methyl sites for hydroxylation is 1. The van der Waals surface area contributed by atoms with E-state index in [9.17, 15) is 14.4 Å². The molecule has 6 nitrogen and oxygen atoms in total. The Balaban J connectivity index is 2.55. The zero-order valence-corrected chi connectivity index (χ0v) is 10.5. The molecule has 0 aliphatic heterocycles. The molecule has 0 aliphatic rings. The first-order valence-electron chi connectivity index (χ1n) is 5.74. The van der Waals surface area contributed by atoms with Crippen molar-refractivity contribution in [1.29, 1.82) is 0 Å². The fourth-order valence-electron chi connectivity index (χ4n) is 1.64. The summed E-state index contributed by atoms with van der Waals surface area (Å²) in [6.45, 7) is 3.52. The minimum absolute atomic E-state index is 0.0755. The van der Waals surface area contributed by atoms with Crippen molar-refractivity contribution < 1.29 is 14.3 Å². The molecule has 0 atom stereocenters. The zero-order chi connectivity index (χ0) is 14.0. The molecular formula is C13H12N2O4. The number of ketones is 1. The molecule has 0 N–H and O–H groups in total. The summed E-state index contributed by atoms with van der Waals surface area (Å²) in [6, 6.07) is 3.43. The Morgan fingerprint density at radius 1 is 1.42 bits per heavy atom. The SMILES string of the molecule is CCOC(=O)C(=O)c1cnc2cc(C)ccn2c1=O. The van der Waals surface area contributed by atoms with Gasteiger partial charge < -0.3 is 4.74 Å². The third-order valence-electron chi connectivity index (χ3n) is 2.57. The van der Waals surface area contributed by atoms with E-state index in [1.807, 2.05) is 6.92 Å². The molecule has 2 heterocycles. The van der Waals surface area contributed by atoms with Gasteiger partial charge in [0, 0.05) is 12.4 Å². The van der Waals surface area contributed by atoms with Gasteiger partial charge in [-0.3, -0.25) is 14.0 Å². The Hall–Kier alpha value is -2.50. The average molecular weight is 260 g/mol. The van der Waals surface area contributed by atoms with Gasteiger partial charge >= 0.3 is 5.97 Å². The standard InChI is InChI=1S/C13H12N2O4/c1-3-19-13(18)11(16)9-7-14-10-6-8(2)4-5-15(10)12(9)17/h4-7H,3H2,1-2H3. The topological polar surface area (TPSA) is 77.7 Å². The molecule has 0 spiro atoms. The lowest BCUT2D eigenvalue weighted by Crippen LogP contribution is -2.28. The van der Waals surface area contributed by atoms with Crippen LogP contribution in [0.2, 0.25) is 0 Å². The summed E-state index contributed by atoms with van der Waals surface area (Å²) in [4.78, 5) is 39.2. The van der Waals surface area contributed by atoms with E-state index < -0.39 is 17.3 Å². The van der Waals surface area contributed by atoms with Gasteiger partial charge in [0.05, 0.1) is 6.61 Å². The Kier molecular flexibility index (Phi) is 3.41. The zero-order valence-electron chi connectivity index (χ0n) is 10.5. The molecule has 2 rings (SSSR count). The molecule has 6 heteroatoms. The lowest BCUT2D eigenvalue weighted by atomic mass is 10.2. The van der Waals surface area contributed by atoms with Crippen molar-refractivity contribution in [3.05, 3.63) is 46.0 Å². The van der Waals surface area contributed by atoms with Crippen LogP contribution >= 0.6 is 0 Å². The molecule has 0 unspecified atom stereocenters. The van der Waals surface area contributed by atoms with Gasteiger partial charge in [-0.2, -0.15) is 0 Å². The molecule has 98 valence electrons. The number of carbonyl (C=O) groups excluding carboxylic acids is 2. The van der Waals surface area contributed by atoms with E-state index >= 15 is 0 Å². The molecule has 2 aromatic rings. The van der Waals surface area contributed by atoms with Crippen LogP contribution in [0.5, 0.6) is 0 Å². The predicted molar refractivity (Wildman–Crippen MR) is 67.2 cm³/mol. The van der Waals surface area contributed by atoms with Crippen LogP contribution in [0.1, 0.15) is 22.8 Å². The normalized spacial score (nSPS) is 10.4. The number of hydrogen-bond acceptors (Lipinski definition) is 5. The second-order valence-electron chi connectivity index (χ2n) is 3.96. The largest absolute Gasteiger partial charge is 0.460 e. The molecule has 0 saturated carbocycles. The molecule has 0 amide bonds. The van der Waals surface area contributed by atoms with Crippen LogP contribution in [0.4, 0.5) is 0 Å². The van der Waals surface area contributed by atoms with Crippen LogP contribution < -0.4 is 5.56 Å². The smallest absolute Gasteiger partial charge is 0.379 e. The van der Waals surface area contributed by atoms with Gasteiger partial charge in [-0.1, -0.05) is 0 Å². The summed E-state index contributed by atoms with van der Waals surface area (Å²) in [5, 5.41) is 0. The maximum atomic E-state index is 12.1. The number of Topliss-reactive ketones (excluding diaryl/α,β-unsaturated/α-hetero) is 1. The second kappa shape index (κ2) is 5.01. The van der Waals surface area contributed by atoms with Crippen LogP contribution in [0, 0.1) is 6.92 Å². The molecule has 2 aromatic heterocycles. The molecular weight excluding hydrogens is 248 g/mol. The van der Waals surface area contributed by atoms with Crippen LogP contribution in [0.15, 0.2) is 29.3 Å². The van der Waals surface area contributed by atoms with Crippen molar-refractivity contribution in [3.8, 4) is 0 Å². The highest BCUT2D eigenvalue weighted by Crippen LogP contribution is 2.03. The Morgan fingerprint density at radius 3 is 2.84 bits per heavy atom. The van der Waals surface area contributed by atoms with Crippen molar-refractivity contribution in [1.82, 2.24) is 9.38 Å². The molecule has 0 bridgehead atoms. The lowest BCUT2D eigenvalue weighted by molar-refractivity contribution is -0.137. The Morgan fingerprint density at radius 2 is 2.16 bits per heavy atom. The number of hydrogen-bond donors (Lipinski definition) is 0. The van der Waals surface area contributed by atoms with Gasteiger partial charge in [0.2, 0.25) is 0 Å². The van der Waals surface area contributed by atoms with E-state index in [1.54, 1.807) is 19.1 Å². The highest BCUT2D eigenvalue weighted by Gasteiger charge is 2.22. The van der Waals surface area contributed by atoms with Gasteiger partial charge in [-0.15, -0.1) is 0 Å². The van der Waals surface area contributed by atoms with Crippen LogP contribution in [0.3, 0.4) is 0 Å². The summed E-state index contributed by atoms with van der Waals surface area (Å²) in [5.74, 6) is -2.03. The van der Waals surface area contributed by atoms with Gasteiger partial charge in [0.1, 0.15) is 11.2 Å². The minimum atomic E-state index is -1.05. The Bertz CT molecular complexity index is 718. The van der Waals surface area contributed by atoms with Crippen molar-refractivity contribution in [2.24, 2.45) is 0 Å². The average Bonchev–Trinajstić information content (AvgIpc) is 2.38. The number of rotatable bonds is 3. The summed E-state index contributed by atoms with van der Waals surface area (Å²) < 4.78 is 5.80. The molecule has 0 saturated heterocycles. The first-order chi connectivity index (χ1) is 9.04. The van der Waals surface area contributed by atoms with E-state index in [0.29, 0.717) is 5.65 Å². The van der Waals surface area contributed by atoms with Crippen LogP contribution in [-0.4, -0.2) is 27.7 Å². The van der Waals surface area contributed by atoms with E-state index in [-0.39, 0.29) is 12.2 Å². The van der Waals surface area contributed by atoms with Crippen molar-refractivity contribution in [3.63, 3.8) is 0 Å². The van der Waals surface area contributed by atoms with Crippen LogP contribution in [-0.2, 0) is 9.53 Å². The molecule has 19 heavy (non-hydrogen) atoms. The maximum Gasteiger partial charge on any atom is 0.379 e. The summed E-state index contributed by atoms with van der Waals surface area (Å²) in [5.41, 5.74) is 0.490. The fourth-order valence-corrected chi connectivity index (χ4v) is 1.64. The summed E-state index contributed by atoms with van der Waals surface area (Å²) >= 11 is 0. The molecule has 0 radical (unpaired) electrons. The van der Waals surface area contributed by atoms with Gasteiger partial charge in [0.25, 0.3) is 11.3 Å². The molecule has 0 aromatic carbocycles. The number of aromatic nitrogens is 2. The second-order valence-corrected chi connectivity index (χ2v) is 3.96. The van der Waals surface area contributed by atoms with Gasteiger partial charge in [-0.05, 0) is 31.5 Å². The van der Waals surface area contributed by atoms with Crippen molar-refractivity contribution in [2.45, 2.75) is 13.8 Å². The Labute approximate surface area is 108 Å². The minimum Gasteiger partial charge on any atom is -0.460 e. The first kappa shape index (κ1) is 12.9. The number of esters is 1.